The molecule has 2 aromatic carbocycles. The van der Waals surface area contributed by atoms with Gasteiger partial charge < -0.3 is 14.9 Å². The fraction of sp³-hybridized carbons (Fsp3) is 0.0714. The summed E-state index contributed by atoms with van der Waals surface area (Å²) < 4.78 is 24.0. The van der Waals surface area contributed by atoms with Crippen LogP contribution in [0.4, 0.5) is 10.1 Å². The Kier molecular flexibility index (Phi) is 3.20. The highest BCUT2D eigenvalue weighted by atomic mass is 35.5. The second-order valence-corrected chi connectivity index (χ2v) is 4.61. The Labute approximate surface area is 118 Å². The van der Waals surface area contributed by atoms with Gasteiger partial charge in [0.1, 0.15) is 17.1 Å². The van der Waals surface area contributed by atoms with Gasteiger partial charge in [-0.1, -0.05) is 11.6 Å². The normalized spacial score (nSPS) is 10.9. The van der Waals surface area contributed by atoms with Crippen LogP contribution in [0.15, 0.2) is 40.8 Å². The molecule has 0 saturated carbocycles. The van der Waals surface area contributed by atoms with E-state index >= 15 is 0 Å². The molecule has 0 atom stereocenters. The summed E-state index contributed by atoms with van der Waals surface area (Å²) in [6, 6.07) is 9.34. The molecule has 1 heterocycles. The van der Waals surface area contributed by atoms with E-state index in [1.807, 2.05) is 0 Å². The summed E-state index contributed by atoms with van der Waals surface area (Å²) in [6.07, 6.45) is 0. The van der Waals surface area contributed by atoms with Gasteiger partial charge in [-0.05, 0) is 24.3 Å². The fourth-order valence-electron chi connectivity index (χ4n) is 1.76. The lowest BCUT2D eigenvalue weighted by Crippen LogP contribution is -1.95. The predicted molar refractivity (Wildman–Crippen MR) is 74.2 cm³/mol. The Morgan fingerprint density at radius 3 is 2.90 bits per heavy atom. The lowest BCUT2D eigenvalue weighted by molar-refractivity contribution is 0.267. The highest BCUT2D eigenvalue weighted by molar-refractivity contribution is 6.30. The van der Waals surface area contributed by atoms with E-state index in [-0.39, 0.29) is 11.6 Å². The molecule has 3 aromatic rings. The van der Waals surface area contributed by atoms with Crippen LogP contribution in [0, 0.1) is 5.82 Å². The number of nitrogen functional groups attached to an aromatic ring is 1. The van der Waals surface area contributed by atoms with Crippen molar-refractivity contribution in [3.63, 3.8) is 0 Å². The Bertz CT molecular complexity index is 773. The number of hydrogen-bond acceptors (Lipinski definition) is 4. The first-order valence-electron chi connectivity index (χ1n) is 5.84. The second-order valence-electron chi connectivity index (χ2n) is 4.20. The van der Waals surface area contributed by atoms with E-state index in [1.165, 1.54) is 18.2 Å². The average molecular weight is 293 g/mol. The van der Waals surface area contributed by atoms with E-state index in [1.54, 1.807) is 18.2 Å². The van der Waals surface area contributed by atoms with Crippen molar-refractivity contribution in [1.29, 1.82) is 0 Å². The number of nitrogens with two attached hydrogens (primary N) is 1. The van der Waals surface area contributed by atoms with Crippen LogP contribution in [0.2, 0.25) is 5.02 Å². The molecule has 0 radical (unpaired) electrons. The summed E-state index contributed by atoms with van der Waals surface area (Å²) in [5, 5.41) is 0.00726. The first-order chi connectivity index (χ1) is 9.61. The van der Waals surface area contributed by atoms with Gasteiger partial charge in [-0.3, -0.25) is 0 Å². The van der Waals surface area contributed by atoms with Crippen molar-refractivity contribution in [1.82, 2.24) is 4.98 Å². The Morgan fingerprint density at radius 1 is 1.25 bits per heavy atom. The van der Waals surface area contributed by atoms with Gasteiger partial charge in [0.25, 0.3) is 0 Å². The second kappa shape index (κ2) is 5.02. The lowest BCUT2D eigenvalue weighted by Gasteiger charge is -2.03. The molecular formula is C14H10ClFN2O2. The highest BCUT2D eigenvalue weighted by Crippen LogP contribution is 2.23. The number of rotatable bonds is 3. The number of anilines is 1. The maximum atomic E-state index is 13.0. The summed E-state index contributed by atoms with van der Waals surface area (Å²) in [5.41, 5.74) is 7.56. The number of hydrogen-bond donors (Lipinski definition) is 1. The molecule has 0 fully saturated rings. The highest BCUT2D eigenvalue weighted by Gasteiger charge is 2.08. The van der Waals surface area contributed by atoms with Crippen LogP contribution in [0.3, 0.4) is 0 Å². The molecule has 102 valence electrons. The van der Waals surface area contributed by atoms with Crippen molar-refractivity contribution in [2.24, 2.45) is 0 Å². The van der Waals surface area contributed by atoms with Crippen LogP contribution < -0.4 is 10.5 Å². The molecule has 0 aliphatic carbocycles. The third-order valence-corrected chi connectivity index (χ3v) is 3.00. The molecule has 0 aliphatic rings. The van der Waals surface area contributed by atoms with Crippen LogP contribution in [0.1, 0.15) is 5.89 Å². The molecule has 0 spiro atoms. The molecular weight excluding hydrogens is 283 g/mol. The number of aromatic nitrogens is 1. The predicted octanol–water partition coefficient (Wildman–Crippen LogP) is 3.78. The van der Waals surface area contributed by atoms with E-state index in [0.29, 0.717) is 28.4 Å². The van der Waals surface area contributed by atoms with E-state index in [2.05, 4.69) is 4.98 Å². The van der Waals surface area contributed by atoms with Gasteiger partial charge in [0.2, 0.25) is 5.89 Å². The van der Waals surface area contributed by atoms with Gasteiger partial charge in [-0.2, -0.15) is 0 Å². The minimum absolute atomic E-state index is 0.00726. The summed E-state index contributed by atoms with van der Waals surface area (Å²) in [5.74, 6) is 0.362. The monoisotopic (exact) mass is 292 g/mol. The maximum Gasteiger partial charge on any atom is 0.233 e. The molecule has 0 aliphatic heterocycles. The van der Waals surface area contributed by atoms with Gasteiger partial charge >= 0.3 is 0 Å². The van der Waals surface area contributed by atoms with Crippen LogP contribution in [0.25, 0.3) is 11.1 Å². The van der Waals surface area contributed by atoms with Crippen LogP contribution in [-0.2, 0) is 6.61 Å². The molecule has 0 unspecified atom stereocenters. The summed E-state index contributed by atoms with van der Waals surface area (Å²) in [6.45, 7) is 0.122. The first kappa shape index (κ1) is 12.7. The zero-order valence-electron chi connectivity index (χ0n) is 10.3. The van der Waals surface area contributed by atoms with Crippen molar-refractivity contribution in [2.45, 2.75) is 6.61 Å². The van der Waals surface area contributed by atoms with Crippen molar-refractivity contribution >= 4 is 28.4 Å². The quantitative estimate of drug-likeness (QED) is 0.746. The van der Waals surface area contributed by atoms with E-state index < -0.39 is 5.82 Å². The van der Waals surface area contributed by atoms with Gasteiger partial charge in [0.15, 0.2) is 12.2 Å². The molecule has 3 rings (SSSR count). The number of nitrogens with zero attached hydrogens (tertiary/aromatic N) is 1. The molecule has 6 heteroatoms. The molecule has 2 N–H and O–H groups in total. The van der Waals surface area contributed by atoms with Gasteiger partial charge in [-0.25, -0.2) is 9.37 Å². The zero-order valence-corrected chi connectivity index (χ0v) is 11.0. The molecule has 1 aromatic heterocycles. The third kappa shape index (κ3) is 2.53. The van der Waals surface area contributed by atoms with Crippen molar-refractivity contribution in [3.05, 3.63) is 53.1 Å². The van der Waals surface area contributed by atoms with Crippen LogP contribution in [0.5, 0.6) is 5.75 Å². The number of fused-ring (bicyclic) bond motifs is 1. The lowest BCUT2D eigenvalue weighted by atomic mass is 10.3. The summed E-state index contributed by atoms with van der Waals surface area (Å²) in [7, 11) is 0. The van der Waals surface area contributed by atoms with Gasteiger partial charge in [0, 0.05) is 17.8 Å². The fourth-order valence-corrected chi connectivity index (χ4v) is 1.93. The number of halogens is 2. The van der Waals surface area contributed by atoms with E-state index in [9.17, 15) is 4.39 Å². The molecule has 0 bridgehead atoms. The largest absolute Gasteiger partial charge is 0.484 e. The van der Waals surface area contributed by atoms with E-state index in [4.69, 9.17) is 26.5 Å². The minimum atomic E-state index is -0.489. The van der Waals surface area contributed by atoms with Gasteiger partial charge in [0.05, 0.1) is 5.02 Å². The average Bonchev–Trinajstić information content (AvgIpc) is 2.82. The first-order valence-corrected chi connectivity index (χ1v) is 6.22. The molecule has 0 saturated heterocycles. The number of oxazole rings is 1. The van der Waals surface area contributed by atoms with Crippen LogP contribution in [-0.4, -0.2) is 4.98 Å². The van der Waals surface area contributed by atoms with Gasteiger partial charge in [-0.15, -0.1) is 0 Å². The molecule has 0 amide bonds. The minimum Gasteiger partial charge on any atom is -0.484 e. The summed E-state index contributed by atoms with van der Waals surface area (Å²) >= 11 is 5.67. The Hall–Kier alpha value is -2.27. The van der Waals surface area contributed by atoms with Crippen molar-refractivity contribution in [3.8, 4) is 5.75 Å². The standard InChI is InChI=1S/C14H10ClFN2O2/c15-10-6-9(2-3-11(10)16)19-7-14-18-12-4-1-8(17)5-13(12)20-14/h1-6H,7,17H2. The third-order valence-electron chi connectivity index (χ3n) is 2.71. The van der Waals surface area contributed by atoms with Crippen molar-refractivity contribution < 1.29 is 13.5 Å². The SMILES string of the molecule is Nc1ccc2nc(COc3ccc(F)c(Cl)c3)oc2c1. The van der Waals surface area contributed by atoms with Crippen LogP contribution >= 0.6 is 11.6 Å². The van der Waals surface area contributed by atoms with Crippen molar-refractivity contribution in [2.75, 3.05) is 5.73 Å². The maximum absolute atomic E-state index is 13.0. The Morgan fingerprint density at radius 2 is 2.10 bits per heavy atom. The number of benzene rings is 2. The summed E-state index contributed by atoms with van der Waals surface area (Å²) in [4.78, 5) is 4.25. The topological polar surface area (TPSA) is 61.3 Å². The van der Waals surface area contributed by atoms with E-state index in [0.717, 1.165) is 0 Å². The zero-order chi connectivity index (χ0) is 14.1. The molecule has 4 nitrogen and oxygen atoms in total. The number of ether oxygens (including phenoxy) is 1. The Balaban J connectivity index is 1.77. The smallest absolute Gasteiger partial charge is 0.233 e. The molecule has 20 heavy (non-hydrogen) atoms.